The van der Waals surface area contributed by atoms with Crippen molar-refractivity contribution in [3.63, 3.8) is 0 Å². The summed E-state index contributed by atoms with van der Waals surface area (Å²) >= 11 is 10.9. The Morgan fingerprint density at radius 1 is 1.46 bits per heavy atom. The van der Waals surface area contributed by atoms with Gasteiger partial charge in [-0.05, 0) is 6.07 Å². The highest BCUT2D eigenvalue weighted by molar-refractivity contribution is 6.34. The molecule has 0 N–H and O–H groups in total. The van der Waals surface area contributed by atoms with Gasteiger partial charge in [-0.2, -0.15) is 14.0 Å². The second-order valence-electron chi connectivity index (χ2n) is 2.17. The lowest BCUT2D eigenvalue weighted by Crippen LogP contribution is -2.12. The summed E-state index contributed by atoms with van der Waals surface area (Å²) in [6.45, 7) is 0. The van der Waals surface area contributed by atoms with Crippen LogP contribution in [0.2, 0.25) is 10.0 Å². The molecule has 0 aliphatic carbocycles. The van der Waals surface area contributed by atoms with E-state index in [1.54, 1.807) is 0 Å². The zero-order chi connectivity index (χ0) is 10.1. The standard InChI is InChI=1S/C7H2Cl2F2N2/c8-4-1-5(9)6(13-2-4)7(10,11)3-12/h1-2H. The van der Waals surface area contributed by atoms with Crippen LogP contribution >= 0.6 is 23.2 Å². The fourth-order valence-electron chi connectivity index (χ4n) is 0.699. The molecule has 0 unspecified atom stereocenters. The summed E-state index contributed by atoms with van der Waals surface area (Å²) in [5, 5.41) is 7.93. The fraction of sp³-hybridized carbons (Fsp3) is 0.143. The van der Waals surface area contributed by atoms with Crippen LogP contribution in [-0.4, -0.2) is 4.98 Å². The minimum atomic E-state index is -3.68. The highest BCUT2D eigenvalue weighted by Crippen LogP contribution is 2.31. The van der Waals surface area contributed by atoms with Crippen molar-refractivity contribution in [2.75, 3.05) is 0 Å². The van der Waals surface area contributed by atoms with Crippen molar-refractivity contribution in [3.05, 3.63) is 28.0 Å². The Labute approximate surface area is 82.7 Å². The molecule has 0 radical (unpaired) electrons. The van der Waals surface area contributed by atoms with Crippen LogP contribution < -0.4 is 0 Å². The summed E-state index contributed by atoms with van der Waals surface area (Å²) in [5.41, 5.74) is -0.777. The summed E-state index contributed by atoms with van der Waals surface area (Å²) in [6, 6.07) is 1.90. The Bertz CT molecular complexity index is 373. The third kappa shape index (κ3) is 2.06. The van der Waals surface area contributed by atoms with Gasteiger partial charge in [0, 0.05) is 6.20 Å². The second-order valence-corrected chi connectivity index (χ2v) is 3.01. The van der Waals surface area contributed by atoms with Crippen LogP contribution in [0.25, 0.3) is 0 Å². The third-order valence-electron chi connectivity index (χ3n) is 1.25. The number of nitriles is 1. The molecule has 0 aromatic carbocycles. The van der Waals surface area contributed by atoms with Crippen LogP contribution in [-0.2, 0) is 5.92 Å². The van der Waals surface area contributed by atoms with Gasteiger partial charge in [-0.15, -0.1) is 0 Å². The van der Waals surface area contributed by atoms with E-state index >= 15 is 0 Å². The molecule has 6 heteroatoms. The van der Waals surface area contributed by atoms with Crippen LogP contribution in [0.15, 0.2) is 12.3 Å². The topological polar surface area (TPSA) is 36.7 Å². The molecule has 1 heterocycles. The fourth-order valence-corrected chi connectivity index (χ4v) is 1.20. The number of rotatable bonds is 1. The Kier molecular flexibility index (Phi) is 2.69. The Hall–Kier alpha value is -0.920. The number of halogens is 4. The van der Waals surface area contributed by atoms with E-state index < -0.39 is 11.6 Å². The van der Waals surface area contributed by atoms with E-state index in [0.29, 0.717) is 0 Å². The Balaban J connectivity index is 3.26. The van der Waals surface area contributed by atoms with Crippen LogP contribution in [0.4, 0.5) is 8.78 Å². The molecular weight excluding hydrogens is 221 g/mol. The molecule has 0 amide bonds. The second kappa shape index (κ2) is 3.44. The van der Waals surface area contributed by atoms with Crippen LogP contribution in [0, 0.1) is 11.3 Å². The van der Waals surface area contributed by atoms with E-state index in [0.717, 1.165) is 18.3 Å². The number of hydrogen-bond acceptors (Lipinski definition) is 2. The zero-order valence-electron chi connectivity index (χ0n) is 6.06. The lowest BCUT2D eigenvalue weighted by atomic mass is 10.2. The molecule has 0 saturated carbocycles. The quantitative estimate of drug-likeness (QED) is 0.733. The van der Waals surface area contributed by atoms with E-state index in [1.165, 1.54) is 0 Å². The van der Waals surface area contributed by atoms with Gasteiger partial charge in [0.25, 0.3) is 0 Å². The van der Waals surface area contributed by atoms with E-state index in [4.69, 9.17) is 28.5 Å². The molecule has 0 aliphatic heterocycles. The summed E-state index contributed by atoms with van der Waals surface area (Å²) < 4.78 is 25.5. The van der Waals surface area contributed by atoms with Crippen molar-refractivity contribution in [1.29, 1.82) is 5.26 Å². The zero-order valence-corrected chi connectivity index (χ0v) is 7.57. The van der Waals surface area contributed by atoms with Gasteiger partial charge in [0.1, 0.15) is 11.8 Å². The number of nitrogens with zero attached hydrogens (tertiary/aromatic N) is 2. The molecule has 0 spiro atoms. The van der Waals surface area contributed by atoms with Crippen molar-refractivity contribution in [3.8, 4) is 6.07 Å². The van der Waals surface area contributed by atoms with E-state index in [2.05, 4.69) is 4.98 Å². The first-order valence-electron chi connectivity index (χ1n) is 3.08. The van der Waals surface area contributed by atoms with Crippen LogP contribution in [0.5, 0.6) is 0 Å². The summed E-state index contributed by atoms with van der Waals surface area (Å²) in [6.07, 6.45) is 1.01. The van der Waals surface area contributed by atoms with Gasteiger partial charge in [-0.25, -0.2) is 0 Å². The molecule has 2 nitrogen and oxygen atoms in total. The monoisotopic (exact) mass is 222 g/mol. The first-order valence-corrected chi connectivity index (χ1v) is 3.83. The maximum Gasteiger partial charge on any atom is 0.375 e. The van der Waals surface area contributed by atoms with Crippen LogP contribution in [0.1, 0.15) is 5.69 Å². The normalized spacial score (nSPS) is 11.0. The highest BCUT2D eigenvalue weighted by atomic mass is 35.5. The van der Waals surface area contributed by atoms with Gasteiger partial charge >= 0.3 is 5.92 Å². The number of alkyl halides is 2. The molecule has 0 saturated heterocycles. The number of hydrogen-bond donors (Lipinski definition) is 0. The molecule has 0 aliphatic rings. The predicted molar refractivity (Wildman–Crippen MR) is 43.8 cm³/mol. The van der Waals surface area contributed by atoms with Crippen molar-refractivity contribution >= 4 is 23.2 Å². The average Bonchev–Trinajstić information content (AvgIpc) is 2.03. The highest BCUT2D eigenvalue weighted by Gasteiger charge is 2.35. The van der Waals surface area contributed by atoms with E-state index in [1.807, 2.05) is 0 Å². The van der Waals surface area contributed by atoms with Gasteiger partial charge in [-0.3, -0.25) is 4.98 Å². The maximum absolute atomic E-state index is 12.7. The van der Waals surface area contributed by atoms with Gasteiger partial charge in [0.2, 0.25) is 0 Å². The summed E-state index contributed by atoms with van der Waals surface area (Å²) in [7, 11) is 0. The smallest absolute Gasteiger partial charge is 0.251 e. The maximum atomic E-state index is 12.7. The molecule has 13 heavy (non-hydrogen) atoms. The van der Waals surface area contributed by atoms with Gasteiger partial charge in [0.15, 0.2) is 0 Å². The minimum Gasteiger partial charge on any atom is -0.251 e. The van der Waals surface area contributed by atoms with Crippen molar-refractivity contribution in [2.45, 2.75) is 5.92 Å². The van der Waals surface area contributed by atoms with Crippen molar-refractivity contribution < 1.29 is 8.78 Å². The lowest BCUT2D eigenvalue weighted by molar-refractivity contribution is 0.0565. The minimum absolute atomic E-state index is 0.141. The summed E-state index contributed by atoms with van der Waals surface area (Å²) in [4.78, 5) is 3.28. The van der Waals surface area contributed by atoms with Crippen LogP contribution in [0.3, 0.4) is 0 Å². The molecular formula is C7H2Cl2F2N2. The van der Waals surface area contributed by atoms with Gasteiger partial charge in [0.05, 0.1) is 10.0 Å². The van der Waals surface area contributed by atoms with Crippen molar-refractivity contribution in [2.24, 2.45) is 0 Å². The third-order valence-corrected chi connectivity index (χ3v) is 1.74. The molecule has 1 aromatic heterocycles. The van der Waals surface area contributed by atoms with E-state index in [-0.39, 0.29) is 10.0 Å². The summed E-state index contributed by atoms with van der Waals surface area (Å²) in [5.74, 6) is -3.68. The molecule has 1 aromatic rings. The SMILES string of the molecule is N#CC(F)(F)c1ncc(Cl)cc1Cl. The van der Waals surface area contributed by atoms with Gasteiger partial charge in [-0.1, -0.05) is 23.2 Å². The Morgan fingerprint density at radius 3 is 2.54 bits per heavy atom. The van der Waals surface area contributed by atoms with Gasteiger partial charge < -0.3 is 0 Å². The molecule has 68 valence electrons. The average molecular weight is 223 g/mol. The van der Waals surface area contributed by atoms with E-state index in [9.17, 15) is 8.78 Å². The number of aromatic nitrogens is 1. The Morgan fingerprint density at radius 2 is 2.08 bits per heavy atom. The largest absolute Gasteiger partial charge is 0.375 e. The molecule has 0 atom stereocenters. The first kappa shape index (κ1) is 10.2. The lowest BCUT2D eigenvalue weighted by Gasteiger charge is -2.07. The molecule has 0 bridgehead atoms. The van der Waals surface area contributed by atoms with Crippen molar-refractivity contribution in [1.82, 2.24) is 4.98 Å². The first-order chi connectivity index (χ1) is 5.97. The predicted octanol–water partition coefficient (Wildman–Crippen LogP) is 3.00. The molecule has 1 rings (SSSR count). The number of pyridine rings is 1. The molecule has 0 fully saturated rings.